The van der Waals surface area contributed by atoms with Crippen LogP contribution in [0, 0.1) is 0 Å². The first-order valence-corrected chi connectivity index (χ1v) is 8.19. The second-order valence-corrected chi connectivity index (χ2v) is 5.86. The van der Waals surface area contributed by atoms with Crippen molar-refractivity contribution in [3.05, 3.63) is 59.5 Å². The predicted octanol–water partition coefficient (Wildman–Crippen LogP) is 2.39. The third-order valence-corrected chi connectivity index (χ3v) is 4.17. The molecule has 1 atom stereocenters. The van der Waals surface area contributed by atoms with Crippen LogP contribution < -0.4 is 11.1 Å². The molecule has 26 heavy (non-hydrogen) atoms. The van der Waals surface area contributed by atoms with Crippen LogP contribution in [0.15, 0.2) is 47.1 Å². The number of hydrogen-bond donors (Lipinski definition) is 2. The van der Waals surface area contributed by atoms with Crippen molar-refractivity contribution < 1.29 is 13.9 Å². The zero-order valence-electron chi connectivity index (χ0n) is 14.4. The van der Waals surface area contributed by atoms with Gasteiger partial charge in [-0.1, -0.05) is 30.3 Å². The molecule has 1 amide bonds. The number of nitrogens with one attached hydrogen (secondary N) is 1. The SMILES string of the molecule is Cl.Cl.NCc1cc(C(=O)NC(CN2CCOCC2)c2ccccc2)co1. The lowest BCUT2D eigenvalue weighted by atomic mass is 10.1. The Morgan fingerprint density at radius 1 is 1.19 bits per heavy atom. The van der Waals surface area contributed by atoms with E-state index in [9.17, 15) is 4.79 Å². The van der Waals surface area contributed by atoms with Gasteiger partial charge < -0.3 is 20.2 Å². The average molecular weight is 402 g/mol. The summed E-state index contributed by atoms with van der Waals surface area (Å²) in [6.07, 6.45) is 1.45. The molecule has 1 aromatic carbocycles. The maximum Gasteiger partial charge on any atom is 0.255 e. The lowest BCUT2D eigenvalue weighted by Crippen LogP contribution is -2.43. The Morgan fingerprint density at radius 3 is 2.50 bits per heavy atom. The molecule has 2 heterocycles. The van der Waals surface area contributed by atoms with E-state index < -0.39 is 0 Å². The molecule has 144 valence electrons. The minimum atomic E-state index is -0.152. The van der Waals surface area contributed by atoms with Gasteiger partial charge in [0.05, 0.1) is 31.4 Å². The number of nitrogens with zero attached hydrogens (tertiary/aromatic N) is 1. The van der Waals surface area contributed by atoms with Gasteiger partial charge in [0, 0.05) is 19.6 Å². The number of furan rings is 1. The van der Waals surface area contributed by atoms with Crippen LogP contribution >= 0.6 is 24.8 Å². The predicted molar refractivity (Wildman–Crippen MR) is 105 cm³/mol. The van der Waals surface area contributed by atoms with Gasteiger partial charge in [-0.05, 0) is 11.6 Å². The fourth-order valence-corrected chi connectivity index (χ4v) is 2.81. The highest BCUT2D eigenvalue weighted by Gasteiger charge is 2.21. The zero-order chi connectivity index (χ0) is 16.8. The summed E-state index contributed by atoms with van der Waals surface area (Å²) in [5, 5.41) is 3.11. The molecule has 2 aromatic rings. The van der Waals surface area contributed by atoms with E-state index in [1.54, 1.807) is 6.07 Å². The number of rotatable bonds is 6. The smallest absolute Gasteiger partial charge is 0.255 e. The summed E-state index contributed by atoms with van der Waals surface area (Å²) in [6.45, 7) is 4.25. The van der Waals surface area contributed by atoms with Crippen LogP contribution in [-0.4, -0.2) is 43.7 Å². The first-order chi connectivity index (χ1) is 11.8. The van der Waals surface area contributed by atoms with Gasteiger partial charge in [0.15, 0.2) is 0 Å². The summed E-state index contributed by atoms with van der Waals surface area (Å²) in [5.74, 6) is 0.449. The molecular weight excluding hydrogens is 377 g/mol. The molecule has 0 radical (unpaired) electrons. The molecule has 3 N–H and O–H groups in total. The number of carbonyl (C=O) groups is 1. The molecule has 1 aliphatic rings. The van der Waals surface area contributed by atoms with Gasteiger partial charge in [-0.2, -0.15) is 0 Å². The van der Waals surface area contributed by atoms with Crippen molar-refractivity contribution in [2.24, 2.45) is 5.73 Å². The molecule has 1 aromatic heterocycles. The van der Waals surface area contributed by atoms with E-state index in [0.717, 1.165) is 38.4 Å². The molecule has 8 heteroatoms. The molecule has 1 aliphatic heterocycles. The standard InChI is InChI=1S/C18H23N3O3.2ClH/c19-11-16-10-15(13-24-16)18(22)20-17(14-4-2-1-3-5-14)12-21-6-8-23-9-7-21;;/h1-5,10,13,17H,6-9,11-12,19H2,(H,20,22);2*1H. The van der Waals surface area contributed by atoms with Crippen LogP contribution in [0.5, 0.6) is 0 Å². The number of morpholine rings is 1. The largest absolute Gasteiger partial charge is 0.467 e. The molecule has 1 saturated heterocycles. The summed E-state index contributed by atoms with van der Waals surface area (Å²) < 4.78 is 10.7. The molecule has 6 nitrogen and oxygen atoms in total. The van der Waals surface area contributed by atoms with Crippen LogP contribution in [0.2, 0.25) is 0 Å². The highest BCUT2D eigenvalue weighted by molar-refractivity contribution is 5.94. The monoisotopic (exact) mass is 401 g/mol. The van der Waals surface area contributed by atoms with E-state index >= 15 is 0 Å². The number of benzene rings is 1. The molecule has 0 bridgehead atoms. The van der Waals surface area contributed by atoms with Gasteiger partial charge in [0.2, 0.25) is 0 Å². The Morgan fingerprint density at radius 2 is 1.88 bits per heavy atom. The maximum atomic E-state index is 12.5. The molecule has 1 unspecified atom stereocenters. The Kier molecular flexibility index (Phi) is 9.69. The van der Waals surface area contributed by atoms with Crippen molar-refractivity contribution in [1.82, 2.24) is 10.2 Å². The van der Waals surface area contributed by atoms with Crippen LogP contribution in [-0.2, 0) is 11.3 Å². The second-order valence-electron chi connectivity index (χ2n) is 5.86. The average Bonchev–Trinajstić information content (AvgIpc) is 3.12. The highest BCUT2D eigenvalue weighted by Crippen LogP contribution is 2.17. The molecule has 3 rings (SSSR count). The van der Waals surface area contributed by atoms with Gasteiger partial charge >= 0.3 is 0 Å². The van der Waals surface area contributed by atoms with E-state index in [-0.39, 0.29) is 43.3 Å². The summed E-state index contributed by atoms with van der Waals surface area (Å²) in [5.41, 5.74) is 7.12. The second kappa shape index (κ2) is 11.2. The Balaban J connectivity index is 0.00000169. The van der Waals surface area contributed by atoms with Gasteiger partial charge in [-0.15, -0.1) is 24.8 Å². The molecule has 0 aliphatic carbocycles. The van der Waals surface area contributed by atoms with Crippen LogP contribution in [0.25, 0.3) is 0 Å². The minimum Gasteiger partial charge on any atom is -0.467 e. The van der Waals surface area contributed by atoms with Crippen molar-refractivity contribution in [2.45, 2.75) is 12.6 Å². The Labute approximate surface area is 165 Å². The highest BCUT2D eigenvalue weighted by atomic mass is 35.5. The zero-order valence-corrected chi connectivity index (χ0v) is 16.1. The van der Waals surface area contributed by atoms with Crippen molar-refractivity contribution >= 4 is 30.7 Å². The van der Waals surface area contributed by atoms with Gasteiger partial charge in [0.25, 0.3) is 5.91 Å². The summed E-state index contributed by atoms with van der Waals surface area (Å²) in [7, 11) is 0. The first kappa shape index (κ1) is 22.5. The Hall–Kier alpha value is -1.57. The van der Waals surface area contributed by atoms with Crippen LogP contribution in [0.3, 0.4) is 0 Å². The quantitative estimate of drug-likeness (QED) is 0.776. The lowest BCUT2D eigenvalue weighted by Gasteiger charge is -2.31. The summed E-state index contributed by atoms with van der Waals surface area (Å²) in [6, 6.07) is 11.6. The number of hydrogen-bond acceptors (Lipinski definition) is 5. The van der Waals surface area contributed by atoms with Gasteiger partial charge in [0.1, 0.15) is 12.0 Å². The van der Waals surface area contributed by atoms with Gasteiger partial charge in [-0.25, -0.2) is 0 Å². The number of halogens is 2. The van der Waals surface area contributed by atoms with Crippen molar-refractivity contribution in [3.63, 3.8) is 0 Å². The number of amides is 1. The van der Waals surface area contributed by atoms with E-state index in [1.165, 1.54) is 6.26 Å². The normalized spacial score (nSPS) is 15.4. The number of ether oxygens (including phenoxy) is 1. The first-order valence-electron chi connectivity index (χ1n) is 8.19. The molecular formula is C18H25Cl2N3O3. The Bertz CT molecular complexity index is 661. The van der Waals surface area contributed by atoms with E-state index in [0.29, 0.717) is 11.3 Å². The summed E-state index contributed by atoms with van der Waals surface area (Å²) >= 11 is 0. The van der Waals surface area contributed by atoms with E-state index in [2.05, 4.69) is 10.2 Å². The number of nitrogens with two attached hydrogens (primary N) is 1. The topological polar surface area (TPSA) is 80.7 Å². The van der Waals surface area contributed by atoms with Crippen molar-refractivity contribution in [1.29, 1.82) is 0 Å². The van der Waals surface area contributed by atoms with Gasteiger partial charge in [-0.3, -0.25) is 9.69 Å². The molecule has 0 spiro atoms. The fourth-order valence-electron chi connectivity index (χ4n) is 2.81. The van der Waals surface area contributed by atoms with E-state index in [1.807, 2.05) is 30.3 Å². The van der Waals surface area contributed by atoms with Crippen molar-refractivity contribution in [2.75, 3.05) is 32.8 Å². The third-order valence-electron chi connectivity index (χ3n) is 4.17. The summed E-state index contributed by atoms with van der Waals surface area (Å²) in [4.78, 5) is 14.9. The molecule has 0 saturated carbocycles. The van der Waals surface area contributed by atoms with Crippen LogP contribution in [0.4, 0.5) is 0 Å². The van der Waals surface area contributed by atoms with E-state index in [4.69, 9.17) is 14.9 Å². The maximum absolute atomic E-state index is 12.5. The molecule has 1 fully saturated rings. The fraction of sp³-hybridized carbons (Fsp3) is 0.389. The van der Waals surface area contributed by atoms with Crippen LogP contribution in [0.1, 0.15) is 27.7 Å². The van der Waals surface area contributed by atoms with Crippen molar-refractivity contribution in [3.8, 4) is 0 Å². The number of carbonyl (C=O) groups excluding carboxylic acids is 1. The lowest BCUT2D eigenvalue weighted by molar-refractivity contribution is 0.0332. The third kappa shape index (κ3) is 6.00. The minimum absolute atomic E-state index is 0.